The second-order valence-corrected chi connectivity index (χ2v) is 8.59. The molecular weight excluding hydrogens is 452 g/mol. The van der Waals surface area contributed by atoms with Gasteiger partial charge in [-0.15, -0.1) is 12.3 Å². The molecule has 6 nitrogen and oxygen atoms in total. The maximum Gasteiger partial charge on any atom is 0.257 e. The Morgan fingerprint density at radius 1 is 1.32 bits per heavy atom. The Kier molecular flexibility index (Phi) is 14.4. The standard InChI is InChI=1S/C27H37ClN2O4/c1-5-6-7-11-23(20-28)15-13-21(2)10-8-9-12-25(31)29-18-17-24(34-4)19-27(33)30-22(3)14-16-26(30)32/h1,8,10,14,16,19-22H,6-7,9,11-13,15,17-18H2,2-4H3,(H,29,31)/b10-8+,23-20+,24-19+. The van der Waals surface area contributed by atoms with E-state index in [0.717, 1.165) is 37.0 Å². The molecule has 2 atom stereocenters. The molecule has 2 unspecified atom stereocenters. The molecule has 0 aromatic heterocycles. The molecule has 0 radical (unpaired) electrons. The van der Waals surface area contributed by atoms with Gasteiger partial charge in [-0.3, -0.25) is 19.3 Å². The summed E-state index contributed by atoms with van der Waals surface area (Å²) in [6.45, 7) is 4.27. The molecule has 0 aromatic rings. The second kappa shape index (κ2) is 16.8. The first-order valence-electron chi connectivity index (χ1n) is 11.8. The van der Waals surface area contributed by atoms with Crippen LogP contribution in [0.4, 0.5) is 0 Å². The number of ether oxygens (including phenoxy) is 1. The topological polar surface area (TPSA) is 75.7 Å². The highest BCUT2D eigenvalue weighted by molar-refractivity contribution is 6.25. The lowest BCUT2D eigenvalue weighted by molar-refractivity contribution is -0.139. The maximum atomic E-state index is 12.3. The predicted octanol–water partition coefficient (Wildman–Crippen LogP) is 5.02. The van der Waals surface area contributed by atoms with Gasteiger partial charge < -0.3 is 10.1 Å². The van der Waals surface area contributed by atoms with Crippen LogP contribution in [0.5, 0.6) is 0 Å². The first kappa shape index (κ1) is 29.3. The number of carbonyl (C=O) groups excluding carboxylic acids is 3. The molecule has 0 bridgehead atoms. The monoisotopic (exact) mass is 488 g/mol. The van der Waals surface area contributed by atoms with Crippen LogP contribution in [0.3, 0.4) is 0 Å². The lowest BCUT2D eigenvalue weighted by Gasteiger charge is -2.18. The minimum atomic E-state index is -0.425. The number of rotatable bonds is 15. The van der Waals surface area contributed by atoms with Crippen molar-refractivity contribution < 1.29 is 19.1 Å². The number of amides is 3. The highest BCUT2D eigenvalue weighted by Crippen LogP contribution is 2.19. The van der Waals surface area contributed by atoms with Crippen molar-refractivity contribution in [3.05, 3.63) is 47.2 Å². The zero-order valence-corrected chi connectivity index (χ0v) is 21.3. The van der Waals surface area contributed by atoms with E-state index in [-0.39, 0.29) is 17.9 Å². The Morgan fingerprint density at radius 3 is 2.71 bits per heavy atom. The third-order valence-electron chi connectivity index (χ3n) is 5.54. The zero-order valence-electron chi connectivity index (χ0n) is 20.5. The SMILES string of the molecule is C#CCCC/C(=C\Cl)CCC(C)/C=C/CCC(=O)NCC/C(=C\C(=O)N1C(=O)C=CC1C)OC. The molecule has 1 heterocycles. The minimum Gasteiger partial charge on any atom is -0.501 e. The molecule has 0 spiro atoms. The molecule has 186 valence electrons. The smallest absolute Gasteiger partial charge is 0.257 e. The number of carbonyl (C=O) groups is 3. The van der Waals surface area contributed by atoms with Gasteiger partial charge in [-0.05, 0) is 44.9 Å². The number of methoxy groups -OCH3 is 1. The Morgan fingerprint density at radius 2 is 2.09 bits per heavy atom. The van der Waals surface area contributed by atoms with Crippen molar-refractivity contribution in [1.29, 1.82) is 0 Å². The van der Waals surface area contributed by atoms with Crippen molar-refractivity contribution in [1.82, 2.24) is 10.2 Å². The first-order valence-corrected chi connectivity index (χ1v) is 12.2. The van der Waals surface area contributed by atoms with Crippen molar-refractivity contribution >= 4 is 29.3 Å². The van der Waals surface area contributed by atoms with Crippen LogP contribution in [-0.4, -0.2) is 42.3 Å². The fraction of sp³-hybridized carbons (Fsp3) is 0.519. The highest BCUT2D eigenvalue weighted by atomic mass is 35.5. The molecular formula is C27H37ClN2O4. The summed E-state index contributed by atoms with van der Waals surface area (Å²) in [5.74, 6) is 2.63. The third-order valence-corrected chi connectivity index (χ3v) is 5.85. The van der Waals surface area contributed by atoms with Crippen LogP contribution in [0, 0.1) is 18.3 Å². The average molecular weight is 489 g/mol. The van der Waals surface area contributed by atoms with E-state index in [4.69, 9.17) is 22.8 Å². The lowest BCUT2D eigenvalue weighted by atomic mass is 9.98. The van der Waals surface area contributed by atoms with Gasteiger partial charge in [0.05, 0.1) is 13.2 Å². The number of hydrogen-bond donors (Lipinski definition) is 1. The number of imide groups is 1. The summed E-state index contributed by atoms with van der Waals surface area (Å²) >= 11 is 5.91. The molecule has 1 aliphatic heterocycles. The van der Waals surface area contributed by atoms with Gasteiger partial charge in [0.1, 0.15) is 5.76 Å². The second-order valence-electron chi connectivity index (χ2n) is 8.37. The normalized spacial score (nSPS) is 17.2. The van der Waals surface area contributed by atoms with Gasteiger partial charge >= 0.3 is 0 Å². The number of nitrogens with zero attached hydrogens (tertiary/aromatic N) is 1. The quantitative estimate of drug-likeness (QED) is 0.115. The van der Waals surface area contributed by atoms with Crippen molar-refractivity contribution in [2.24, 2.45) is 5.92 Å². The van der Waals surface area contributed by atoms with E-state index < -0.39 is 5.91 Å². The van der Waals surface area contributed by atoms with E-state index in [1.807, 2.05) is 6.08 Å². The predicted molar refractivity (Wildman–Crippen MR) is 137 cm³/mol. The Balaban J connectivity index is 2.28. The molecule has 7 heteroatoms. The summed E-state index contributed by atoms with van der Waals surface area (Å²) in [7, 11) is 1.46. The van der Waals surface area contributed by atoms with Gasteiger partial charge in [0.15, 0.2) is 0 Å². The average Bonchev–Trinajstić information content (AvgIpc) is 3.16. The molecule has 1 aliphatic rings. The summed E-state index contributed by atoms with van der Waals surface area (Å²) in [4.78, 5) is 37.3. The summed E-state index contributed by atoms with van der Waals surface area (Å²) in [6.07, 6.45) is 19.8. The minimum absolute atomic E-state index is 0.0625. The van der Waals surface area contributed by atoms with E-state index in [1.165, 1.54) is 24.8 Å². The zero-order chi connectivity index (χ0) is 25.3. The van der Waals surface area contributed by atoms with E-state index in [1.54, 1.807) is 18.5 Å². The van der Waals surface area contributed by atoms with Crippen LogP contribution in [-0.2, 0) is 19.1 Å². The Bertz CT molecular complexity index is 851. The number of halogens is 1. The summed E-state index contributed by atoms with van der Waals surface area (Å²) in [6, 6.07) is -0.275. The van der Waals surface area contributed by atoms with Gasteiger partial charge in [-0.2, -0.15) is 0 Å². The summed E-state index contributed by atoms with van der Waals surface area (Å²) < 4.78 is 5.23. The van der Waals surface area contributed by atoms with Gasteiger partial charge in [0.2, 0.25) is 5.91 Å². The summed E-state index contributed by atoms with van der Waals surface area (Å²) in [5.41, 5.74) is 2.89. The fourth-order valence-corrected chi connectivity index (χ4v) is 3.67. The van der Waals surface area contributed by atoms with Crippen LogP contribution in [0.2, 0.25) is 0 Å². The summed E-state index contributed by atoms with van der Waals surface area (Å²) in [5, 5.41) is 2.83. The van der Waals surface area contributed by atoms with E-state index in [0.29, 0.717) is 37.5 Å². The molecule has 34 heavy (non-hydrogen) atoms. The van der Waals surface area contributed by atoms with Gasteiger partial charge in [-0.1, -0.05) is 42.3 Å². The van der Waals surface area contributed by atoms with Gasteiger partial charge in [0, 0.05) is 43.5 Å². The van der Waals surface area contributed by atoms with Crippen molar-refractivity contribution in [3.8, 4) is 12.3 Å². The molecule has 3 amide bonds. The molecule has 1 N–H and O–H groups in total. The third kappa shape index (κ3) is 11.4. The van der Waals surface area contributed by atoms with Crippen molar-refractivity contribution in [3.63, 3.8) is 0 Å². The highest BCUT2D eigenvalue weighted by Gasteiger charge is 2.27. The number of allylic oxidation sites excluding steroid dienone is 3. The number of hydrogen-bond acceptors (Lipinski definition) is 4. The molecule has 0 aliphatic carbocycles. The number of unbranched alkanes of at least 4 members (excludes halogenated alkanes) is 1. The van der Waals surface area contributed by atoms with Crippen molar-refractivity contribution in [2.75, 3.05) is 13.7 Å². The number of nitrogens with one attached hydrogen (secondary N) is 1. The largest absolute Gasteiger partial charge is 0.501 e. The molecule has 0 saturated carbocycles. The van der Waals surface area contributed by atoms with Gasteiger partial charge in [0.25, 0.3) is 11.8 Å². The molecule has 1 rings (SSSR count). The molecule has 0 aromatic carbocycles. The van der Waals surface area contributed by atoms with Crippen LogP contribution in [0.15, 0.2) is 47.2 Å². The van der Waals surface area contributed by atoms with Crippen LogP contribution in [0.1, 0.15) is 65.2 Å². The molecule has 0 saturated heterocycles. The van der Waals surface area contributed by atoms with E-state index in [2.05, 4.69) is 24.2 Å². The fourth-order valence-electron chi connectivity index (χ4n) is 3.46. The lowest BCUT2D eigenvalue weighted by Crippen LogP contribution is -2.37. The van der Waals surface area contributed by atoms with E-state index >= 15 is 0 Å². The number of terminal acetylenes is 1. The first-order chi connectivity index (χ1) is 16.3. The maximum absolute atomic E-state index is 12.3. The molecule has 0 fully saturated rings. The van der Waals surface area contributed by atoms with Gasteiger partial charge in [-0.25, -0.2) is 0 Å². The van der Waals surface area contributed by atoms with Crippen LogP contribution >= 0.6 is 11.6 Å². The van der Waals surface area contributed by atoms with E-state index in [9.17, 15) is 14.4 Å². The van der Waals surface area contributed by atoms with Crippen LogP contribution < -0.4 is 5.32 Å². The van der Waals surface area contributed by atoms with Crippen LogP contribution in [0.25, 0.3) is 0 Å². The van der Waals surface area contributed by atoms with Crippen molar-refractivity contribution in [2.45, 2.75) is 71.3 Å². The Labute approximate surface area is 209 Å². The Hall–Kier alpha value is -2.78.